The summed E-state index contributed by atoms with van der Waals surface area (Å²) in [5, 5.41) is 4.38. The number of amides is 2. The van der Waals surface area contributed by atoms with Crippen LogP contribution in [-0.2, 0) is 14.9 Å². The van der Waals surface area contributed by atoms with Gasteiger partial charge in [-0.1, -0.05) is 35.5 Å². The van der Waals surface area contributed by atoms with Crippen molar-refractivity contribution in [1.29, 1.82) is 0 Å². The molecule has 2 atom stereocenters. The average Bonchev–Trinajstić information content (AvgIpc) is 3.73. The zero-order chi connectivity index (χ0) is 24.8. The van der Waals surface area contributed by atoms with Crippen molar-refractivity contribution >= 4 is 12.0 Å². The van der Waals surface area contributed by atoms with E-state index >= 15 is 0 Å². The Labute approximate surface area is 207 Å². The quantitative estimate of drug-likeness (QED) is 0.599. The van der Waals surface area contributed by atoms with Crippen LogP contribution >= 0.6 is 0 Å². The van der Waals surface area contributed by atoms with Crippen LogP contribution in [0, 0.1) is 0 Å². The lowest BCUT2D eigenvalue weighted by Crippen LogP contribution is -2.43. The molecule has 1 aliphatic heterocycles. The fraction of sp³-hybridized carbons (Fsp3) is 0.630. The number of ether oxygens (including phenoxy) is 1. The molecule has 1 unspecified atom stereocenters. The van der Waals surface area contributed by atoms with E-state index in [1.54, 1.807) is 6.92 Å². The second-order valence-corrected chi connectivity index (χ2v) is 11.4. The van der Waals surface area contributed by atoms with Crippen molar-refractivity contribution in [2.75, 3.05) is 19.6 Å². The molecule has 8 heteroatoms. The van der Waals surface area contributed by atoms with Crippen LogP contribution in [0.2, 0.25) is 0 Å². The molecule has 3 aliphatic rings. The first-order valence-electron chi connectivity index (χ1n) is 12.8. The van der Waals surface area contributed by atoms with Gasteiger partial charge in [-0.25, -0.2) is 4.79 Å². The first-order chi connectivity index (χ1) is 16.7. The molecule has 5 rings (SSSR count). The number of aromatic nitrogens is 2. The van der Waals surface area contributed by atoms with E-state index in [0.29, 0.717) is 24.2 Å². The van der Waals surface area contributed by atoms with E-state index < -0.39 is 5.60 Å². The van der Waals surface area contributed by atoms with E-state index in [1.807, 2.05) is 48.8 Å². The number of rotatable bonds is 6. The summed E-state index contributed by atoms with van der Waals surface area (Å²) >= 11 is 0. The SMILES string of the molecule is CC(=O)N1CCC(c2nc(C3(CN(C(=O)OC(C)(C)C)[C@H]4CC4c4ccccc4)CC3)no2)CC1. The van der Waals surface area contributed by atoms with Crippen LogP contribution < -0.4 is 0 Å². The molecule has 0 radical (unpaired) electrons. The molecule has 3 fully saturated rings. The van der Waals surface area contributed by atoms with Gasteiger partial charge in [-0.2, -0.15) is 4.98 Å². The molecule has 2 amide bonds. The summed E-state index contributed by atoms with van der Waals surface area (Å²) in [6, 6.07) is 10.5. The molecule has 1 aromatic heterocycles. The highest BCUT2D eigenvalue weighted by atomic mass is 16.6. The van der Waals surface area contributed by atoms with Gasteiger partial charge in [0.25, 0.3) is 0 Å². The van der Waals surface area contributed by atoms with Crippen molar-refractivity contribution in [3.8, 4) is 0 Å². The van der Waals surface area contributed by atoms with Gasteiger partial charge in [0.2, 0.25) is 11.8 Å². The average molecular weight is 481 g/mol. The number of likely N-dealkylation sites (tertiary alicyclic amines) is 1. The van der Waals surface area contributed by atoms with Gasteiger partial charge in [-0.05, 0) is 58.4 Å². The summed E-state index contributed by atoms with van der Waals surface area (Å²) in [4.78, 5) is 33.5. The number of benzene rings is 1. The third-order valence-corrected chi connectivity index (χ3v) is 7.54. The minimum Gasteiger partial charge on any atom is -0.444 e. The van der Waals surface area contributed by atoms with Crippen LogP contribution in [0.3, 0.4) is 0 Å². The van der Waals surface area contributed by atoms with Crippen LogP contribution in [-0.4, -0.2) is 63.2 Å². The summed E-state index contributed by atoms with van der Waals surface area (Å²) in [6.45, 7) is 9.30. The van der Waals surface area contributed by atoms with E-state index in [0.717, 1.165) is 45.2 Å². The molecule has 188 valence electrons. The van der Waals surface area contributed by atoms with Gasteiger partial charge >= 0.3 is 6.09 Å². The van der Waals surface area contributed by atoms with Crippen LogP contribution in [0.5, 0.6) is 0 Å². The molecule has 35 heavy (non-hydrogen) atoms. The number of carbonyl (C=O) groups is 2. The summed E-state index contributed by atoms with van der Waals surface area (Å²) in [5.74, 6) is 1.98. The Morgan fingerprint density at radius 2 is 1.86 bits per heavy atom. The minimum absolute atomic E-state index is 0.114. The Kier molecular flexibility index (Phi) is 6.09. The highest BCUT2D eigenvalue weighted by Crippen LogP contribution is 2.52. The first kappa shape index (κ1) is 23.8. The molecule has 1 saturated heterocycles. The van der Waals surface area contributed by atoms with Gasteiger partial charge in [0, 0.05) is 44.4 Å². The van der Waals surface area contributed by atoms with Gasteiger partial charge in [0.15, 0.2) is 5.82 Å². The molecule has 1 aromatic carbocycles. The maximum absolute atomic E-state index is 13.3. The fourth-order valence-corrected chi connectivity index (χ4v) is 5.21. The summed E-state index contributed by atoms with van der Waals surface area (Å²) < 4.78 is 11.5. The molecular weight excluding hydrogens is 444 g/mol. The van der Waals surface area contributed by atoms with Crippen LogP contribution in [0.25, 0.3) is 0 Å². The standard InChI is InChI=1S/C27H36N4O4/c1-18(32)30-14-10-20(11-15-30)23-28-24(29-35-23)27(12-13-27)17-31(25(33)34-26(2,3)4)22-16-21(22)19-8-6-5-7-9-19/h5-9,20-22H,10-17H2,1-4H3/t21?,22-/m0/s1. The minimum atomic E-state index is -0.558. The first-order valence-corrected chi connectivity index (χ1v) is 12.8. The highest BCUT2D eigenvalue weighted by Gasteiger charge is 2.55. The molecular formula is C27H36N4O4. The van der Waals surface area contributed by atoms with Gasteiger partial charge in [0.1, 0.15) is 5.60 Å². The lowest BCUT2D eigenvalue weighted by atomic mass is 9.96. The molecule has 8 nitrogen and oxygen atoms in total. The Morgan fingerprint density at radius 1 is 1.17 bits per heavy atom. The largest absolute Gasteiger partial charge is 0.444 e. The van der Waals surface area contributed by atoms with Crippen molar-refractivity contribution in [2.24, 2.45) is 0 Å². The molecule has 2 saturated carbocycles. The maximum atomic E-state index is 13.3. The van der Waals surface area contributed by atoms with E-state index in [-0.39, 0.29) is 29.4 Å². The Morgan fingerprint density at radius 3 is 2.46 bits per heavy atom. The number of hydrogen-bond donors (Lipinski definition) is 0. The number of hydrogen-bond acceptors (Lipinski definition) is 6. The van der Waals surface area contributed by atoms with Crippen LogP contribution in [0.4, 0.5) is 4.79 Å². The van der Waals surface area contributed by atoms with Gasteiger partial charge in [0.05, 0.1) is 5.41 Å². The van der Waals surface area contributed by atoms with E-state index in [9.17, 15) is 9.59 Å². The Bertz CT molecular complexity index is 1060. The third kappa shape index (κ3) is 5.21. The van der Waals surface area contributed by atoms with Crippen molar-refractivity contribution < 1.29 is 18.8 Å². The maximum Gasteiger partial charge on any atom is 0.410 e. The summed E-state index contributed by atoms with van der Waals surface area (Å²) in [5.41, 5.74) is 0.425. The van der Waals surface area contributed by atoms with Crippen molar-refractivity contribution in [1.82, 2.24) is 19.9 Å². The lowest BCUT2D eigenvalue weighted by Gasteiger charge is -2.30. The lowest BCUT2D eigenvalue weighted by molar-refractivity contribution is -0.129. The third-order valence-electron chi connectivity index (χ3n) is 7.54. The second-order valence-electron chi connectivity index (χ2n) is 11.4. The highest BCUT2D eigenvalue weighted by molar-refractivity contribution is 5.73. The van der Waals surface area contributed by atoms with Crippen LogP contribution in [0.15, 0.2) is 34.9 Å². The molecule has 2 aromatic rings. The zero-order valence-corrected chi connectivity index (χ0v) is 21.2. The molecule has 2 aliphatic carbocycles. The summed E-state index contributed by atoms with van der Waals surface area (Å²) in [6.07, 6.45) is 4.18. The smallest absolute Gasteiger partial charge is 0.410 e. The molecule has 0 spiro atoms. The predicted molar refractivity (Wildman–Crippen MR) is 130 cm³/mol. The Balaban J connectivity index is 1.31. The van der Waals surface area contributed by atoms with Gasteiger partial charge in [-0.3, -0.25) is 4.79 Å². The molecule has 0 N–H and O–H groups in total. The number of nitrogens with zero attached hydrogens (tertiary/aromatic N) is 4. The van der Waals surface area contributed by atoms with E-state index in [4.69, 9.17) is 14.2 Å². The second kappa shape index (κ2) is 8.95. The summed E-state index contributed by atoms with van der Waals surface area (Å²) in [7, 11) is 0. The van der Waals surface area contributed by atoms with Crippen molar-refractivity contribution in [3.63, 3.8) is 0 Å². The van der Waals surface area contributed by atoms with Crippen molar-refractivity contribution in [3.05, 3.63) is 47.6 Å². The zero-order valence-electron chi connectivity index (χ0n) is 21.2. The van der Waals surface area contributed by atoms with Gasteiger partial charge in [-0.15, -0.1) is 0 Å². The number of carbonyl (C=O) groups excluding carboxylic acids is 2. The van der Waals surface area contributed by atoms with E-state index in [1.165, 1.54) is 5.56 Å². The predicted octanol–water partition coefficient (Wildman–Crippen LogP) is 4.62. The van der Waals surface area contributed by atoms with Gasteiger partial charge < -0.3 is 19.1 Å². The normalized spacial score (nSPS) is 23.6. The monoisotopic (exact) mass is 480 g/mol. The molecule has 2 heterocycles. The van der Waals surface area contributed by atoms with Crippen molar-refractivity contribution in [2.45, 2.75) is 88.7 Å². The van der Waals surface area contributed by atoms with Crippen LogP contribution in [0.1, 0.15) is 88.9 Å². The topological polar surface area (TPSA) is 88.8 Å². The molecule has 0 bridgehead atoms. The fourth-order valence-electron chi connectivity index (χ4n) is 5.21. The Hall–Kier alpha value is -2.90. The number of piperidine rings is 1. The van der Waals surface area contributed by atoms with E-state index in [2.05, 4.69) is 17.3 Å².